The maximum Gasteiger partial charge on any atom is 0.305 e. The van der Waals surface area contributed by atoms with Gasteiger partial charge in [0.15, 0.2) is 0 Å². The average Bonchev–Trinajstić information content (AvgIpc) is 3.07. The van der Waals surface area contributed by atoms with E-state index in [2.05, 4.69) is 20.8 Å². The van der Waals surface area contributed by atoms with Crippen LogP contribution in [0.2, 0.25) is 0 Å². The summed E-state index contributed by atoms with van der Waals surface area (Å²) < 4.78 is 4.87. The quantitative estimate of drug-likeness (QED) is 0.429. The summed E-state index contributed by atoms with van der Waals surface area (Å²) in [5.74, 6) is 4.98. The van der Waals surface area contributed by atoms with Crippen LogP contribution >= 0.6 is 0 Å². The van der Waals surface area contributed by atoms with Crippen LogP contribution in [0.1, 0.15) is 104 Å². The molecule has 166 valence electrons. The van der Waals surface area contributed by atoms with Crippen LogP contribution in [0, 0.1) is 40.9 Å². The van der Waals surface area contributed by atoms with Crippen molar-refractivity contribution in [2.45, 2.75) is 104 Å². The van der Waals surface area contributed by atoms with Gasteiger partial charge >= 0.3 is 5.97 Å². The molecule has 0 N–H and O–H groups in total. The predicted molar refractivity (Wildman–Crippen MR) is 117 cm³/mol. The van der Waals surface area contributed by atoms with Crippen molar-refractivity contribution >= 4 is 11.8 Å². The number of ether oxygens (including phenoxy) is 1. The lowest BCUT2D eigenvalue weighted by atomic mass is 9.55. The monoisotopic (exact) mass is 404 g/mol. The van der Waals surface area contributed by atoms with Crippen molar-refractivity contribution in [3.63, 3.8) is 0 Å². The van der Waals surface area contributed by atoms with Crippen LogP contribution in [0.4, 0.5) is 0 Å². The molecule has 3 nitrogen and oxygen atoms in total. The first-order valence-corrected chi connectivity index (χ1v) is 12.5. The van der Waals surface area contributed by atoms with Crippen LogP contribution in [0.15, 0.2) is 0 Å². The lowest BCUT2D eigenvalue weighted by molar-refractivity contribution is -0.141. The Morgan fingerprint density at radius 3 is 2.69 bits per heavy atom. The number of ketones is 1. The molecular formula is C26H44O3. The van der Waals surface area contributed by atoms with E-state index in [0.29, 0.717) is 29.5 Å². The highest BCUT2D eigenvalue weighted by atomic mass is 16.5. The highest BCUT2D eigenvalue weighted by Gasteiger charge is 2.54. The van der Waals surface area contributed by atoms with E-state index < -0.39 is 0 Å². The fourth-order valence-electron chi connectivity index (χ4n) is 7.72. The van der Waals surface area contributed by atoms with Crippen LogP contribution in [0.25, 0.3) is 0 Å². The minimum Gasteiger partial charge on any atom is -0.469 e. The number of carbonyl (C=O) groups is 2. The maximum atomic E-state index is 11.9. The molecule has 0 aromatic rings. The summed E-state index contributed by atoms with van der Waals surface area (Å²) in [5, 5.41) is 0. The minimum absolute atomic E-state index is 0.0638. The molecule has 3 fully saturated rings. The van der Waals surface area contributed by atoms with Crippen molar-refractivity contribution in [1.82, 2.24) is 0 Å². The normalized spacial score (nSPS) is 38.5. The molecule has 0 spiro atoms. The molecule has 0 saturated heterocycles. The average molecular weight is 405 g/mol. The molecule has 3 saturated carbocycles. The first-order valence-electron chi connectivity index (χ1n) is 12.5. The number of Topliss-reactive ketones (excluding diaryl/α,β-unsaturated/α-hetero) is 1. The fraction of sp³-hybridized carbons (Fsp3) is 0.923. The second-order valence-corrected chi connectivity index (χ2v) is 10.8. The molecule has 3 unspecified atom stereocenters. The summed E-state index contributed by atoms with van der Waals surface area (Å²) in [7, 11) is 1.50. The van der Waals surface area contributed by atoms with Crippen molar-refractivity contribution in [1.29, 1.82) is 0 Å². The van der Waals surface area contributed by atoms with E-state index in [0.717, 1.165) is 49.4 Å². The molecule has 3 aliphatic carbocycles. The molecule has 0 aromatic heterocycles. The van der Waals surface area contributed by atoms with Crippen LogP contribution in [0.3, 0.4) is 0 Å². The summed E-state index contributed by atoms with van der Waals surface area (Å²) in [6.45, 7) is 7.33. The standard InChI is InChI=1S/C26H44O3/c1-5-20-15-16-26(3)23(18(2)9-14-25(28)29-4)12-13-24(26)22(20)11-10-19-7-6-8-21(27)17-19/h18-20,22-24H,5-17H2,1-4H3/t18-,19-,20?,22-,23?,24+,26?/m1/s1. The molecule has 29 heavy (non-hydrogen) atoms. The summed E-state index contributed by atoms with van der Waals surface area (Å²) in [6, 6.07) is 0. The zero-order valence-corrected chi connectivity index (χ0v) is 19.4. The van der Waals surface area contributed by atoms with E-state index in [4.69, 9.17) is 4.74 Å². The van der Waals surface area contributed by atoms with Crippen LogP contribution in [-0.2, 0) is 14.3 Å². The molecule has 0 aliphatic heterocycles. The van der Waals surface area contributed by atoms with Gasteiger partial charge in [0, 0.05) is 19.3 Å². The summed E-state index contributed by atoms with van der Waals surface area (Å²) >= 11 is 0. The zero-order valence-electron chi connectivity index (χ0n) is 19.4. The Balaban J connectivity index is 1.64. The maximum absolute atomic E-state index is 11.9. The molecule has 0 amide bonds. The van der Waals surface area contributed by atoms with Gasteiger partial charge in [0.05, 0.1) is 7.11 Å². The van der Waals surface area contributed by atoms with Gasteiger partial charge in [-0.25, -0.2) is 0 Å². The highest BCUT2D eigenvalue weighted by molar-refractivity contribution is 5.79. The van der Waals surface area contributed by atoms with E-state index in [1.165, 1.54) is 58.5 Å². The Kier molecular flexibility index (Phi) is 7.84. The van der Waals surface area contributed by atoms with E-state index >= 15 is 0 Å². The van der Waals surface area contributed by atoms with Gasteiger partial charge in [0.1, 0.15) is 5.78 Å². The molecule has 0 bridgehead atoms. The number of hydrogen-bond donors (Lipinski definition) is 0. The van der Waals surface area contributed by atoms with Crippen LogP contribution < -0.4 is 0 Å². The smallest absolute Gasteiger partial charge is 0.305 e. The Labute approximate surface area is 178 Å². The van der Waals surface area contributed by atoms with Gasteiger partial charge in [-0.15, -0.1) is 0 Å². The Morgan fingerprint density at radius 1 is 1.21 bits per heavy atom. The molecule has 0 radical (unpaired) electrons. The number of rotatable bonds is 8. The molecular weight excluding hydrogens is 360 g/mol. The third-order valence-corrected chi connectivity index (χ3v) is 9.39. The highest BCUT2D eigenvalue weighted by Crippen LogP contribution is 2.62. The summed E-state index contributed by atoms with van der Waals surface area (Å²) in [6.07, 6.45) is 14.9. The van der Waals surface area contributed by atoms with E-state index in [1.807, 2.05) is 0 Å². The lowest BCUT2D eigenvalue weighted by Crippen LogP contribution is -2.43. The second kappa shape index (κ2) is 9.96. The fourth-order valence-corrected chi connectivity index (χ4v) is 7.72. The van der Waals surface area contributed by atoms with E-state index in [1.54, 1.807) is 0 Å². The molecule has 3 aliphatic rings. The number of fused-ring (bicyclic) bond motifs is 1. The number of methoxy groups -OCH3 is 1. The minimum atomic E-state index is -0.0638. The van der Waals surface area contributed by atoms with Gasteiger partial charge in [0.25, 0.3) is 0 Å². The molecule has 0 heterocycles. The van der Waals surface area contributed by atoms with Crippen molar-refractivity contribution in [3.05, 3.63) is 0 Å². The second-order valence-electron chi connectivity index (χ2n) is 10.8. The first-order chi connectivity index (χ1) is 13.9. The summed E-state index contributed by atoms with van der Waals surface area (Å²) in [4.78, 5) is 23.5. The Morgan fingerprint density at radius 2 is 2.00 bits per heavy atom. The Hall–Kier alpha value is -0.860. The van der Waals surface area contributed by atoms with E-state index in [9.17, 15) is 9.59 Å². The van der Waals surface area contributed by atoms with Crippen molar-refractivity contribution < 1.29 is 14.3 Å². The van der Waals surface area contributed by atoms with Gasteiger partial charge in [-0.3, -0.25) is 9.59 Å². The number of carbonyl (C=O) groups excluding carboxylic acids is 2. The van der Waals surface area contributed by atoms with Crippen molar-refractivity contribution in [2.24, 2.45) is 40.9 Å². The number of esters is 1. The number of hydrogen-bond acceptors (Lipinski definition) is 3. The summed E-state index contributed by atoms with van der Waals surface area (Å²) in [5.41, 5.74) is 0.439. The topological polar surface area (TPSA) is 43.4 Å². The SMILES string of the molecule is CCC1CCC2(C)C([C@H](C)CCC(=O)OC)CC[C@H]2[C@@H]1CC[C@H]1CCCC(=O)C1. The van der Waals surface area contributed by atoms with E-state index in [-0.39, 0.29) is 5.97 Å². The van der Waals surface area contributed by atoms with Gasteiger partial charge in [-0.05, 0) is 98.7 Å². The van der Waals surface area contributed by atoms with Gasteiger partial charge in [-0.1, -0.05) is 27.2 Å². The molecule has 0 aromatic carbocycles. The molecule has 3 rings (SSSR count). The largest absolute Gasteiger partial charge is 0.469 e. The van der Waals surface area contributed by atoms with Crippen LogP contribution in [-0.4, -0.2) is 18.9 Å². The van der Waals surface area contributed by atoms with Gasteiger partial charge in [-0.2, -0.15) is 0 Å². The Bertz CT molecular complexity index is 570. The third kappa shape index (κ3) is 5.07. The molecule has 3 heteroatoms. The van der Waals surface area contributed by atoms with Crippen LogP contribution in [0.5, 0.6) is 0 Å². The predicted octanol–water partition coefficient (Wildman–Crippen LogP) is 6.58. The first kappa shape index (κ1) is 22.8. The van der Waals surface area contributed by atoms with Crippen molar-refractivity contribution in [3.8, 4) is 0 Å². The lowest BCUT2D eigenvalue weighted by Gasteiger charge is -2.50. The van der Waals surface area contributed by atoms with Crippen molar-refractivity contribution in [2.75, 3.05) is 7.11 Å². The van der Waals surface area contributed by atoms with Gasteiger partial charge < -0.3 is 4.74 Å². The molecule has 7 atom stereocenters. The van der Waals surface area contributed by atoms with Gasteiger partial charge in [0.2, 0.25) is 0 Å². The third-order valence-electron chi connectivity index (χ3n) is 9.39. The zero-order chi connectivity index (χ0) is 21.0.